The van der Waals surface area contributed by atoms with Crippen LogP contribution in [0.4, 0.5) is 22.0 Å². The fraction of sp³-hybridized carbons (Fsp3) is 0.619. The molecule has 0 aliphatic carbocycles. The molecule has 1 atom stereocenters. The fourth-order valence-corrected chi connectivity index (χ4v) is 3.99. The summed E-state index contributed by atoms with van der Waals surface area (Å²) in [5.74, 6) is 1.68. The molecule has 2 aromatic rings. The molecule has 0 spiro atoms. The highest BCUT2D eigenvalue weighted by Crippen LogP contribution is 2.30. The molecule has 4 rings (SSSR count). The van der Waals surface area contributed by atoms with Crippen LogP contribution in [0.3, 0.4) is 0 Å². The van der Waals surface area contributed by atoms with E-state index in [1.807, 2.05) is 38.8 Å². The Morgan fingerprint density at radius 2 is 1.87 bits per heavy atom. The summed E-state index contributed by atoms with van der Waals surface area (Å²) >= 11 is 0. The van der Waals surface area contributed by atoms with Crippen LogP contribution >= 0.6 is 0 Å². The van der Waals surface area contributed by atoms with Gasteiger partial charge in [0, 0.05) is 50.9 Å². The number of rotatable bonds is 4. The van der Waals surface area contributed by atoms with Gasteiger partial charge in [-0.3, -0.25) is 0 Å². The zero-order valence-electron chi connectivity index (χ0n) is 18.2. The summed E-state index contributed by atoms with van der Waals surface area (Å²) in [6.45, 7) is 10.3. The van der Waals surface area contributed by atoms with Gasteiger partial charge in [-0.25, -0.2) is 19.3 Å². The van der Waals surface area contributed by atoms with Crippen LogP contribution in [0.5, 0.6) is 0 Å². The highest BCUT2D eigenvalue weighted by atomic mass is 19.1. The fourth-order valence-electron chi connectivity index (χ4n) is 3.99. The van der Waals surface area contributed by atoms with Crippen molar-refractivity contribution in [2.24, 2.45) is 0 Å². The van der Waals surface area contributed by atoms with E-state index in [9.17, 15) is 0 Å². The van der Waals surface area contributed by atoms with Crippen molar-refractivity contribution >= 4 is 17.6 Å². The van der Waals surface area contributed by atoms with Crippen LogP contribution < -0.4 is 14.7 Å². The maximum atomic E-state index is 15.1. The van der Waals surface area contributed by atoms with E-state index in [1.165, 1.54) is 6.33 Å². The number of morpholine rings is 1. The van der Waals surface area contributed by atoms with Gasteiger partial charge in [0.05, 0.1) is 18.9 Å². The Balaban J connectivity index is 1.49. The quantitative estimate of drug-likeness (QED) is 0.753. The van der Waals surface area contributed by atoms with Gasteiger partial charge in [0.1, 0.15) is 12.1 Å². The van der Waals surface area contributed by atoms with Crippen LogP contribution in [0.15, 0.2) is 18.6 Å². The molecule has 2 aromatic heterocycles. The average molecular weight is 416 g/mol. The van der Waals surface area contributed by atoms with Gasteiger partial charge >= 0.3 is 0 Å². The molecule has 0 aromatic carbocycles. The molecule has 1 unspecified atom stereocenters. The second kappa shape index (κ2) is 8.29. The van der Waals surface area contributed by atoms with E-state index in [1.54, 1.807) is 6.20 Å². The van der Waals surface area contributed by atoms with Crippen molar-refractivity contribution in [1.82, 2.24) is 19.9 Å². The number of likely N-dealkylation sites (N-methyl/N-ethyl adjacent to an activating group) is 1. The Morgan fingerprint density at radius 3 is 2.60 bits per heavy atom. The van der Waals surface area contributed by atoms with Gasteiger partial charge in [0.2, 0.25) is 5.95 Å². The highest BCUT2D eigenvalue weighted by Gasteiger charge is 2.32. The summed E-state index contributed by atoms with van der Waals surface area (Å²) in [6.07, 6.45) is 4.17. The minimum atomic E-state index is -0.367. The number of hydrogen-bond donors (Lipinski definition) is 0. The zero-order valence-corrected chi connectivity index (χ0v) is 18.2. The summed E-state index contributed by atoms with van der Waals surface area (Å²) in [7, 11) is 2.04. The molecule has 2 fully saturated rings. The van der Waals surface area contributed by atoms with E-state index in [4.69, 9.17) is 9.72 Å². The van der Waals surface area contributed by atoms with Crippen LogP contribution in [0, 0.1) is 5.82 Å². The maximum absolute atomic E-state index is 15.1. The molecule has 0 bridgehead atoms. The van der Waals surface area contributed by atoms with Crippen LogP contribution in [0.1, 0.15) is 32.9 Å². The summed E-state index contributed by atoms with van der Waals surface area (Å²) in [4.78, 5) is 24.0. The minimum absolute atomic E-state index is 0.213. The van der Waals surface area contributed by atoms with Crippen molar-refractivity contribution < 1.29 is 9.13 Å². The van der Waals surface area contributed by atoms with Gasteiger partial charge in [0.15, 0.2) is 11.6 Å². The van der Waals surface area contributed by atoms with Crippen molar-refractivity contribution in [1.29, 1.82) is 0 Å². The molecule has 2 aliphatic heterocycles. The lowest BCUT2D eigenvalue weighted by Crippen LogP contribution is -2.38. The molecule has 2 aliphatic rings. The molecule has 0 N–H and O–H groups in total. The Hall–Kier alpha value is -2.55. The van der Waals surface area contributed by atoms with Crippen molar-refractivity contribution in [3.63, 3.8) is 0 Å². The van der Waals surface area contributed by atoms with Gasteiger partial charge in [-0.05, 0) is 12.5 Å². The van der Waals surface area contributed by atoms with E-state index >= 15 is 4.39 Å². The number of anilines is 3. The lowest BCUT2D eigenvalue weighted by molar-refractivity contribution is 0.122. The summed E-state index contributed by atoms with van der Waals surface area (Å²) in [6, 6.07) is 2.14. The first-order valence-electron chi connectivity index (χ1n) is 10.5. The van der Waals surface area contributed by atoms with Crippen molar-refractivity contribution in [2.45, 2.75) is 38.6 Å². The van der Waals surface area contributed by atoms with Gasteiger partial charge < -0.3 is 19.4 Å². The smallest absolute Gasteiger partial charge is 0.227 e. The first kappa shape index (κ1) is 20.7. The number of ether oxygens (including phenoxy) is 1. The predicted molar refractivity (Wildman–Crippen MR) is 115 cm³/mol. The lowest BCUT2D eigenvalue weighted by atomic mass is 9.91. The third kappa shape index (κ3) is 4.16. The van der Waals surface area contributed by atoms with E-state index in [0.29, 0.717) is 31.3 Å². The molecule has 0 amide bonds. The van der Waals surface area contributed by atoms with E-state index in [2.05, 4.69) is 24.8 Å². The molecular formula is C21H30FN7O. The number of halogens is 1. The molecule has 8 nitrogen and oxygen atoms in total. The Kier molecular flexibility index (Phi) is 5.73. The number of nitrogens with zero attached hydrogens (tertiary/aromatic N) is 7. The normalized spacial score (nSPS) is 20.0. The van der Waals surface area contributed by atoms with Gasteiger partial charge in [-0.15, -0.1) is 0 Å². The van der Waals surface area contributed by atoms with Crippen LogP contribution in [0.25, 0.3) is 0 Å². The van der Waals surface area contributed by atoms with Gasteiger partial charge in [-0.1, -0.05) is 20.8 Å². The average Bonchev–Trinajstić information content (AvgIpc) is 3.23. The molecule has 162 valence electrons. The van der Waals surface area contributed by atoms with Crippen LogP contribution in [-0.2, 0) is 10.2 Å². The molecule has 4 heterocycles. The number of hydrogen-bond acceptors (Lipinski definition) is 8. The maximum Gasteiger partial charge on any atom is 0.227 e. The third-order valence-corrected chi connectivity index (χ3v) is 5.78. The Bertz CT molecular complexity index is 882. The first-order valence-corrected chi connectivity index (χ1v) is 10.5. The zero-order chi connectivity index (χ0) is 21.3. The second-order valence-corrected chi connectivity index (χ2v) is 8.92. The Morgan fingerprint density at radius 1 is 1.10 bits per heavy atom. The molecule has 0 radical (unpaired) electrons. The molecule has 30 heavy (non-hydrogen) atoms. The molecule has 9 heteroatoms. The van der Waals surface area contributed by atoms with Crippen molar-refractivity contribution in [3.05, 3.63) is 30.1 Å². The van der Waals surface area contributed by atoms with Crippen molar-refractivity contribution in [2.75, 3.05) is 61.1 Å². The van der Waals surface area contributed by atoms with E-state index in [-0.39, 0.29) is 17.3 Å². The SMILES string of the molecule is CN(c1ccnc(N2CCOCC2)n1)C1CCN(c2ncnc(C(C)(C)C)c2F)C1. The molecule has 2 saturated heterocycles. The summed E-state index contributed by atoms with van der Waals surface area (Å²) < 4.78 is 20.5. The lowest BCUT2D eigenvalue weighted by Gasteiger charge is -2.29. The van der Waals surface area contributed by atoms with Gasteiger partial charge in [0.25, 0.3) is 0 Å². The summed E-state index contributed by atoms with van der Waals surface area (Å²) in [5, 5.41) is 0. The monoisotopic (exact) mass is 415 g/mol. The molecule has 0 saturated carbocycles. The second-order valence-electron chi connectivity index (χ2n) is 8.92. The first-order chi connectivity index (χ1) is 14.3. The van der Waals surface area contributed by atoms with Crippen LogP contribution in [-0.4, -0.2) is 72.4 Å². The highest BCUT2D eigenvalue weighted by molar-refractivity contribution is 5.48. The predicted octanol–water partition coefficient (Wildman–Crippen LogP) is 2.25. The third-order valence-electron chi connectivity index (χ3n) is 5.78. The minimum Gasteiger partial charge on any atom is -0.378 e. The van der Waals surface area contributed by atoms with Crippen molar-refractivity contribution in [3.8, 4) is 0 Å². The molecular weight excluding hydrogens is 385 g/mol. The number of aromatic nitrogens is 4. The topological polar surface area (TPSA) is 70.5 Å². The standard InChI is InChI=1S/C21H30FN7O/c1-21(2,3)18-17(22)19(25-14-24-18)29-8-6-15(13-29)27(4)16-5-7-23-20(26-16)28-9-11-30-12-10-28/h5,7,14-15H,6,8-13H2,1-4H3. The van der Waals surface area contributed by atoms with E-state index < -0.39 is 0 Å². The van der Waals surface area contributed by atoms with E-state index in [0.717, 1.165) is 37.8 Å². The largest absolute Gasteiger partial charge is 0.378 e. The Labute approximate surface area is 177 Å². The van der Waals surface area contributed by atoms with Gasteiger partial charge in [-0.2, -0.15) is 4.98 Å². The van der Waals surface area contributed by atoms with Crippen LogP contribution in [0.2, 0.25) is 0 Å². The summed E-state index contributed by atoms with van der Waals surface area (Å²) in [5.41, 5.74) is 0.0874.